The summed E-state index contributed by atoms with van der Waals surface area (Å²) >= 11 is 0. The van der Waals surface area contributed by atoms with Crippen molar-refractivity contribution in [2.75, 3.05) is 23.8 Å². The summed E-state index contributed by atoms with van der Waals surface area (Å²) in [4.78, 5) is 26.2. The average molecular weight is 373 g/mol. The Labute approximate surface area is 165 Å². The SMILES string of the molecule is CN(C(=O)CCNC(=O)Nc1ccccc1)c1ccccc1-c1ccccc1. The molecular weight excluding hydrogens is 350 g/mol. The van der Waals surface area contributed by atoms with E-state index < -0.39 is 0 Å². The Kier molecular flexibility index (Phi) is 6.41. The summed E-state index contributed by atoms with van der Waals surface area (Å²) in [5.74, 6) is -0.0663. The number of anilines is 2. The first-order chi connectivity index (χ1) is 13.6. The van der Waals surface area contributed by atoms with E-state index in [1.165, 1.54) is 0 Å². The van der Waals surface area contributed by atoms with Gasteiger partial charge in [0.2, 0.25) is 5.91 Å². The number of para-hydroxylation sites is 2. The second-order valence-corrected chi connectivity index (χ2v) is 6.33. The van der Waals surface area contributed by atoms with Crippen LogP contribution in [0.1, 0.15) is 6.42 Å². The van der Waals surface area contributed by atoms with E-state index in [1.807, 2.05) is 72.8 Å². The zero-order valence-corrected chi connectivity index (χ0v) is 15.8. The lowest BCUT2D eigenvalue weighted by Gasteiger charge is -2.21. The van der Waals surface area contributed by atoms with Crippen LogP contribution in [0.3, 0.4) is 0 Å². The highest BCUT2D eigenvalue weighted by Crippen LogP contribution is 2.30. The standard InChI is InChI=1S/C23H23N3O2/c1-26(21-15-9-8-14-20(21)18-10-4-2-5-11-18)22(27)16-17-24-23(28)25-19-12-6-3-7-13-19/h2-15H,16-17H2,1H3,(H2,24,25,28). The highest BCUT2D eigenvalue weighted by molar-refractivity contribution is 5.97. The van der Waals surface area contributed by atoms with Gasteiger partial charge in [-0.1, -0.05) is 66.7 Å². The predicted molar refractivity (Wildman–Crippen MR) is 113 cm³/mol. The first-order valence-electron chi connectivity index (χ1n) is 9.16. The van der Waals surface area contributed by atoms with Crippen LogP contribution >= 0.6 is 0 Å². The van der Waals surface area contributed by atoms with Crippen LogP contribution in [0.5, 0.6) is 0 Å². The van der Waals surface area contributed by atoms with E-state index in [4.69, 9.17) is 0 Å². The smallest absolute Gasteiger partial charge is 0.319 e. The van der Waals surface area contributed by atoms with Crippen LogP contribution in [-0.4, -0.2) is 25.5 Å². The molecule has 0 atom stereocenters. The van der Waals surface area contributed by atoms with E-state index in [0.717, 1.165) is 16.8 Å². The lowest BCUT2D eigenvalue weighted by Crippen LogP contribution is -2.34. The van der Waals surface area contributed by atoms with Crippen LogP contribution < -0.4 is 15.5 Å². The minimum absolute atomic E-state index is 0.0663. The lowest BCUT2D eigenvalue weighted by molar-refractivity contribution is -0.118. The molecule has 5 heteroatoms. The molecule has 0 heterocycles. The number of nitrogens with zero attached hydrogens (tertiary/aromatic N) is 1. The van der Waals surface area contributed by atoms with E-state index in [-0.39, 0.29) is 24.9 Å². The van der Waals surface area contributed by atoms with E-state index in [0.29, 0.717) is 5.69 Å². The molecule has 3 aromatic carbocycles. The molecule has 3 aromatic rings. The van der Waals surface area contributed by atoms with Gasteiger partial charge in [-0.05, 0) is 23.8 Å². The normalized spacial score (nSPS) is 10.2. The largest absolute Gasteiger partial charge is 0.337 e. The number of rotatable bonds is 6. The number of hydrogen-bond donors (Lipinski definition) is 2. The molecule has 142 valence electrons. The molecule has 3 amide bonds. The zero-order chi connectivity index (χ0) is 19.8. The zero-order valence-electron chi connectivity index (χ0n) is 15.8. The lowest BCUT2D eigenvalue weighted by atomic mass is 10.0. The summed E-state index contributed by atoms with van der Waals surface area (Å²) in [6.07, 6.45) is 0.210. The average Bonchev–Trinajstić information content (AvgIpc) is 2.74. The minimum Gasteiger partial charge on any atom is -0.337 e. The summed E-state index contributed by atoms with van der Waals surface area (Å²) in [7, 11) is 1.76. The molecule has 0 spiro atoms. The topological polar surface area (TPSA) is 61.4 Å². The van der Waals surface area contributed by atoms with Crippen molar-refractivity contribution in [1.29, 1.82) is 0 Å². The van der Waals surface area contributed by atoms with Gasteiger partial charge in [-0.15, -0.1) is 0 Å². The highest BCUT2D eigenvalue weighted by atomic mass is 16.2. The van der Waals surface area contributed by atoms with Gasteiger partial charge in [-0.2, -0.15) is 0 Å². The van der Waals surface area contributed by atoms with E-state index in [2.05, 4.69) is 10.6 Å². The summed E-state index contributed by atoms with van der Waals surface area (Å²) < 4.78 is 0. The maximum absolute atomic E-state index is 12.6. The van der Waals surface area contributed by atoms with Crippen LogP contribution in [0, 0.1) is 0 Å². The molecule has 0 aliphatic rings. The Balaban J connectivity index is 1.57. The second kappa shape index (κ2) is 9.37. The Morgan fingerprint density at radius 3 is 2.14 bits per heavy atom. The fourth-order valence-electron chi connectivity index (χ4n) is 2.91. The minimum atomic E-state index is -0.327. The molecule has 0 unspecified atom stereocenters. The number of hydrogen-bond acceptors (Lipinski definition) is 2. The van der Waals surface area contributed by atoms with Crippen molar-refractivity contribution >= 4 is 23.3 Å². The van der Waals surface area contributed by atoms with Gasteiger partial charge in [0.25, 0.3) is 0 Å². The summed E-state index contributed by atoms with van der Waals surface area (Å²) in [6.45, 7) is 0.259. The molecule has 0 radical (unpaired) electrons. The molecule has 0 saturated heterocycles. The molecule has 0 aliphatic carbocycles. The van der Waals surface area contributed by atoms with Gasteiger partial charge in [0.05, 0.1) is 5.69 Å². The van der Waals surface area contributed by atoms with Gasteiger partial charge in [0.1, 0.15) is 0 Å². The van der Waals surface area contributed by atoms with Gasteiger partial charge in [-0.3, -0.25) is 4.79 Å². The molecule has 5 nitrogen and oxygen atoms in total. The Hall–Kier alpha value is -3.60. The molecule has 0 aromatic heterocycles. The van der Waals surface area contributed by atoms with Crippen LogP contribution in [-0.2, 0) is 4.79 Å². The Morgan fingerprint density at radius 1 is 0.821 bits per heavy atom. The molecule has 0 saturated carbocycles. The molecule has 3 rings (SSSR count). The third-order valence-corrected chi connectivity index (χ3v) is 4.38. The predicted octanol–water partition coefficient (Wildman–Crippen LogP) is 4.53. The molecule has 0 aliphatic heterocycles. The number of amides is 3. The fourth-order valence-corrected chi connectivity index (χ4v) is 2.91. The third kappa shape index (κ3) is 4.98. The van der Waals surface area contributed by atoms with E-state index in [9.17, 15) is 9.59 Å². The number of urea groups is 1. The van der Waals surface area contributed by atoms with E-state index in [1.54, 1.807) is 24.1 Å². The molecule has 2 N–H and O–H groups in total. The number of carbonyl (C=O) groups excluding carboxylic acids is 2. The first-order valence-corrected chi connectivity index (χ1v) is 9.16. The molecule has 0 fully saturated rings. The van der Waals surface area contributed by atoms with Crippen LogP contribution in [0.2, 0.25) is 0 Å². The first kappa shape index (κ1) is 19.2. The van der Waals surface area contributed by atoms with E-state index >= 15 is 0 Å². The van der Waals surface area contributed by atoms with Crippen molar-refractivity contribution in [3.63, 3.8) is 0 Å². The summed E-state index contributed by atoms with van der Waals surface area (Å²) in [5, 5.41) is 5.45. The molecule has 28 heavy (non-hydrogen) atoms. The number of carbonyl (C=O) groups is 2. The van der Waals surface area contributed by atoms with Crippen molar-refractivity contribution < 1.29 is 9.59 Å². The Morgan fingerprint density at radius 2 is 1.43 bits per heavy atom. The van der Waals surface area contributed by atoms with Crippen LogP contribution in [0.25, 0.3) is 11.1 Å². The summed E-state index contributed by atoms with van der Waals surface area (Å²) in [6, 6.07) is 26.6. The third-order valence-electron chi connectivity index (χ3n) is 4.38. The van der Waals surface area contributed by atoms with Crippen molar-refractivity contribution in [3.8, 4) is 11.1 Å². The summed E-state index contributed by atoms with van der Waals surface area (Å²) in [5.41, 5.74) is 3.60. The monoisotopic (exact) mass is 373 g/mol. The Bertz CT molecular complexity index is 927. The van der Waals surface area contributed by atoms with Gasteiger partial charge >= 0.3 is 6.03 Å². The van der Waals surface area contributed by atoms with Gasteiger partial charge < -0.3 is 15.5 Å². The number of benzene rings is 3. The molecule has 0 bridgehead atoms. The van der Waals surface area contributed by atoms with Crippen molar-refractivity contribution in [2.24, 2.45) is 0 Å². The van der Waals surface area contributed by atoms with Gasteiger partial charge in [0, 0.05) is 31.3 Å². The van der Waals surface area contributed by atoms with Crippen molar-refractivity contribution in [2.45, 2.75) is 6.42 Å². The number of nitrogens with one attached hydrogen (secondary N) is 2. The quantitative estimate of drug-likeness (QED) is 0.667. The van der Waals surface area contributed by atoms with Gasteiger partial charge in [0.15, 0.2) is 0 Å². The highest BCUT2D eigenvalue weighted by Gasteiger charge is 2.15. The maximum Gasteiger partial charge on any atom is 0.319 e. The fraction of sp³-hybridized carbons (Fsp3) is 0.130. The van der Waals surface area contributed by atoms with Crippen LogP contribution in [0.15, 0.2) is 84.9 Å². The van der Waals surface area contributed by atoms with Crippen molar-refractivity contribution in [3.05, 3.63) is 84.9 Å². The second-order valence-electron chi connectivity index (χ2n) is 6.33. The van der Waals surface area contributed by atoms with Crippen molar-refractivity contribution in [1.82, 2.24) is 5.32 Å². The van der Waals surface area contributed by atoms with Crippen LogP contribution in [0.4, 0.5) is 16.2 Å². The molecular formula is C23H23N3O2. The van der Waals surface area contributed by atoms with Gasteiger partial charge in [-0.25, -0.2) is 4.79 Å². The maximum atomic E-state index is 12.6.